The number of phosphoric ester groups is 2. The van der Waals surface area contributed by atoms with Gasteiger partial charge in [-0.3, -0.25) is 37.3 Å². The van der Waals surface area contributed by atoms with Crippen molar-refractivity contribution in [2.24, 2.45) is 5.92 Å². The van der Waals surface area contributed by atoms with Crippen LogP contribution in [0.25, 0.3) is 0 Å². The molecular formula is C81H154O17P2. The van der Waals surface area contributed by atoms with Crippen molar-refractivity contribution in [2.75, 3.05) is 39.6 Å². The van der Waals surface area contributed by atoms with Crippen molar-refractivity contribution in [3.8, 4) is 0 Å². The molecular weight excluding hydrogens is 1310 g/mol. The van der Waals surface area contributed by atoms with Crippen LogP contribution >= 0.6 is 15.6 Å². The number of carbonyl (C=O) groups is 4. The van der Waals surface area contributed by atoms with Gasteiger partial charge in [0.2, 0.25) is 0 Å². The molecule has 6 atom stereocenters. The maximum atomic E-state index is 13.1. The fourth-order valence-electron chi connectivity index (χ4n) is 12.0. The first kappa shape index (κ1) is 97.5. The summed E-state index contributed by atoms with van der Waals surface area (Å²) in [4.78, 5) is 73.0. The molecule has 19 heteroatoms. The molecule has 0 fully saturated rings. The van der Waals surface area contributed by atoms with Crippen molar-refractivity contribution in [3.05, 3.63) is 24.3 Å². The van der Waals surface area contributed by atoms with Crippen LogP contribution in [0.4, 0.5) is 0 Å². The molecule has 0 aromatic heterocycles. The van der Waals surface area contributed by atoms with E-state index in [0.717, 1.165) is 115 Å². The summed E-state index contributed by atoms with van der Waals surface area (Å²) in [5.74, 6) is -1.29. The minimum atomic E-state index is -4.97. The molecule has 0 aromatic carbocycles. The number of rotatable bonds is 79. The third-order valence-corrected chi connectivity index (χ3v) is 20.7. The normalized spacial score (nSPS) is 14.3. The molecule has 3 N–H and O–H groups in total. The summed E-state index contributed by atoms with van der Waals surface area (Å²) in [5, 5.41) is 10.6. The van der Waals surface area contributed by atoms with E-state index in [1.807, 2.05) is 0 Å². The second-order valence-electron chi connectivity index (χ2n) is 28.7. The quantitative estimate of drug-likeness (QED) is 0.0169. The number of ether oxygens (including phenoxy) is 4. The highest BCUT2D eigenvalue weighted by molar-refractivity contribution is 7.47. The van der Waals surface area contributed by atoms with Crippen LogP contribution in [0.1, 0.15) is 407 Å². The minimum Gasteiger partial charge on any atom is -0.462 e. The lowest BCUT2D eigenvalue weighted by atomic mass is 9.99. The van der Waals surface area contributed by atoms with E-state index in [0.29, 0.717) is 25.7 Å². The SMILES string of the molecule is CCCCCC/C=C\C=C/CCCCCCCC(=O)OC[C@H](COP(=O)(O)OC[C@@H](O)COP(=O)(O)OC[C@@H](COC(=O)CCCCCCCCCCCCCCC)OC(=O)CCCCCCCCCCCCCCCC)OC(=O)CCCCCCCCCCCCCCCCC(C)CC. The molecule has 0 aromatic rings. The number of aliphatic hydroxyl groups excluding tert-OH is 1. The highest BCUT2D eigenvalue weighted by atomic mass is 31.2. The molecule has 0 bridgehead atoms. The van der Waals surface area contributed by atoms with Gasteiger partial charge in [-0.15, -0.1) is 0 Å². The van der Waals surface area contributed by atoms with E-state index in [9.17, 15) is 43.2 Å². The molecule has 0 aliphatic heterocycles. The highest BCUT2D eigenvalue weighted by Gasteiger charge is 2.30. The fraction of sp³-hybridized carbons (Fsp3) is 0.901. The first-order chi connectivity index (χ1) is 48.6. The number of esters is 4. The number of hydrogen-bond donors (Lipinski definition) is 3. The molecule has 590 valence electrons. The maximum Gasteiger partial charge on any atom is 0.472 e. The number of allylic oxidation sites excluding steroid dienone is 4. The molecule has 3 unspecified atom stereocenters. The molecule has 0 heterocycles. The van der Waals surface area contributed by atoms with E-state index < -0.39 is 97.5 Å². The van der Waals surface area contributed by atoms with Crippen LogP contribution in [0.2, 0.25) is 0 Å². The summed E-state index contributed by atoms with van der Waals surface area (Å²) in [7, 11) is -9.93. The maximum absolute atomic E-state index is 13.1. The Kier molecular flexibility index (Phi) is 71.6. The Balaban J connectivity index is 5.30. The van der Waals surface area contributed by atoms with Crippen LogP contribution < -0.4 is 0 Å². The zero-order valence-corrected chi connectivity index (χ0v) is 66.6. The van der Waals surface area contributed by atoms with Gasteiger partial charge in [0.15, 0.2) is 12.2 Å². The highest BCUT2D eigenvalue weighted by Crippen LogP contribution is 2.45. The van der Waals surface area contributed by atoms with E-state index in [4.69, 9.17) is 37.0 Å². The van der Waals surface area contributed by atoms with Gasteiger partial charge in [-0.2, -0.15) is 0 Å². The predicted octanol–water partition coefficient (Wildman–Crippen LogP) is 24.0. The van der Waals surface area contributed by atoms with E-state index in [2.05, 4.69) is 58.9 Å². The monoisotopic (exact) mass is 1460 g/mol. The van der Waals surface area contributed by atoms with Gasteiger partial charge in [0, 0.05) is 25.7 Å². The largest absolute Gasteiger partial charge is 0.472 e. The predicted molar refractivity (Wildman–Crippen MR) is 409 cm³/mol. The molecule has 0 saturated carbocycles. The second-order valence-corrected chi connectivity index (χ2v) is 31.6. The van der Waals surface area contributed by atoms with Crippen molar-refractivity contribution < 1.29 is 80.2 Å². The van der Waals surface area contributed by atoms with Gasteiger partial charge in [0.25, 0.3) is 0 Å². The van der Waals surface area contributed by atoms with Gasteiger partial charge in [0.1, 0.15) is 19.3 Å². The summed E-state index contributed by atoms with van der Waals surface area (Å²) in [6, 6.07) is 0. The van der Waals surface area contributed by atoms with E-state index in [-0.39, 0.29) is 25.7 Å². The Morgan fingerprint density at radius 3 is 0.850 bits per heavy atom. The Morgan fingerprint density at radius 2 is 0.560 bits per heavy atom. The van der Waals surface area contributed by atoms with Crippen molar-refractivity contribution in [2.45, 2.75) is 425 Å². The number of hydrogen-bond acceptors (Lipinski definition) is 15. The van der Waals surface area contributed by atoms with E-state index in [1.54, 1.807) is 0 Å². The number of unbranched alkanes of at least 4 members (excludes halogenated alkanes) is 47. The van der Waals surface area contributed by atoms with Gasteiger partial charge >= 0.3 is 39.5 Å². The topological polar surface area (TPSA) is 237 Å². The molecule has 17 nitrogen and oxygen atoms in total. The summed E-state index contributed by atoms with van der Waals surface area (Å²) in [6.45, 7) is 7.32. The third-order valence-electron chi connectivity index (χ3n) is 18.8. The van der Waals surface area contributed by atoms with Gasteiger partial charge in [-0.1, -0.05) is 354 Å². The van der Waals surface area contributed by atoms with Crippen molar-refractivity contribution in [1.29, 1.82) is 0 Å². The van der Waals surface area contributed by atoms with Crippen LogP contribution in [0.15, 0.2) is 24.3 Å². The number of aliphatic hydroxyl groups is 1. The fourth-order valence-corrected chi connectivity index (χ4v) is 13.6. The van der Waals surface area contributed by atoms with Crippen molar-refractivity contribution >= 4 is 39.5 Å². The van der Waals surface area contributed by atoms with Crippen LogP contribution in [0.5, 0.6) is 0 Å². The standard InChI is InChI=1S/C81H154O17P2/c1-6-10-13-16-19-22-25-28-30-36-40-45-50-55-60-65-79(84)92-71-77(98-81(86)67-62-57-52-47-42-37-32-31-34-38-43-48-53-58-63-74(5)9-4)73-96-100(89,90)94-69-75(82)68-93-99(87,88)95-72-76(70-91-78(83)64-59-54-49-44-39-33-27-24-21-18-15-12-8-3)97-80(85)66-61-56-51-46-41-35-29-26-23-20-17-14-11-7-2/h22,25,28,30,74-77,82H,6-21,23-24,26-27,29,31-73H2,1-5H3,(H,87,88)(H,89,90)/b25-22-,30-28-/t74?,75-,76+,77+/m0/s1. The Labute approximate surface area is 612 Å². The molecule has 0 aliphatic carbocycles. The zero-order chi connectivity index (χ0) is 73.4. The van der Waals surface area contributed by atoms with Gasteiger partial charge in [-0.05, 0) is 57.3 Å². The number of phosphoric acid groups is 2. The van der Waals surface area contributed by atoms with Crippen LogP contribution in [-0.4, -0.2) is 96.7 Å². The third kappa shape index (κ3) is 72.5. The number of carbonyl (C=O) groups excluding carboxylic acids is 4. The van der Waals surface area contributed by atoms with Crippen LogP contribution in [0, 0.1) is 5.92 Å². The first-order valence-electron chi connectivity index (χ1n) is 41.5. The lowest BCUT2D eigenvalue weighted by Crippen LogP contribution is -2.30. The van der Waals surface area contributed by atoms with Crippen molar-refractivity contribution in [1.82, 2.24) is 0 Å². The average molecular weight is 1460 g/mol. The Hall–Kier alpha value is -2.46. The first-order valence-corrected chi connectivity index (χ1v) is 44.5. The smallest absolute Gasteiger partial charge is 0.462 e. The molecule has 0 spiro atoms. The lowest BCUT2D eigenvalue weighted by molar-refractivity contribution is -0.161. The van der Waals surface area contributed by atoms with Gasteiger partial charge < -0.3 is 33.8 Å². The molecule has 0 saturated heterocycles. The van der Waals surface area contributed by atoms with Crippen LogP contribution in [-0.2, 0) is 65.4 Å². The summed E-state index contributed by atoms with van der Waals surface area (Å²) in [6.07, 6.45) is 67.1. The Morgan fingerprint density at radius 1 is 0.320 bits per heavy atom. The van der Waals surface area contributed by atoms with E-state index in [1.165, 1.54) is 212 Å². The molecule has 0 aliphatic rings. The molecule has 0 amide bonds. The molecule has 0 radical (unpaired) electrons. The zero-order valence-electron chi connectivity index (χ0n) is 64.8. The van der Waals surface area contributed by atoms with Crippen LogP contribution in [0.3, 0.4) is 0 Å². The average Bonchev–Trinajstić information content (AvgIpc) is 1.24. The minimum absolute atomic E-state index is 0.101. The second kappa shape index (κ2) is 73.4. The van der Waals surface area contributed by atoms with Gasteiger partial charge in [-0.25, -0.2) is 9.13 Å². The van der Waals surface area contributed by atoms with Crippen molar-refractivity contribution in [3.63, 3.8) is 0 Å². The molecule has 0 rings (SSSR count). The molecule has 100 heavy (non-hydrogen) atoms. The Bertz CT molecular complexity index is 2010. The lowest BCUT2D eigenvalue weighted by Gasteiger charge is -2.21. The summed E-state index contributed by atoms with van der Waals surface area (Å²) in [5.41, 5.74) is 0. The summed E-state index contributed by atoms with van der Waals surface area (Å²) < 4.78 is 68.7. The van der Waals surface area contributed by atoms with Gasteiger partial charge in [0.05, 0.1) is 26.4 Å². The summed E-state index contributed by atoms with van der Waals surface area (Å²) >= 11 is 0. The van der Waals surface area contributed by atoms with E-state index >= 15 is 0 Å².